The number of hydrogen-bond acceptors (Lipinski definition) is 4. The number of fused-ring (bicyclic) bond motifs is 1. The number of rotatable bonds is 2. The lowest BCUT2D eigenvalue weighted by Gasteiger charge is -2.20. The van der Waals surface area contributed by atoms with Crippen molar-refractivity contribution in [1.82, 2.24) is 0 Å². The summed E-state index contributed by atoms with van der Waals surface area (Å²) in [5, 5.41) is 0. The summed E-state index contributed by atoms with van der Waals surface area (Å²) in [6.07, 6.45) is -2.13. The molecule has 1 aliphatic rings. The summed E-state index contributed by atoms with van der Waals surface area (Å²) in [6.45, 7) is 0. The highest BCUT2D eigenvalue weighted by Crippen LogP contribution is 2.34. The van der Waals surface area contributed by atoms with Gasteiger partial charge in [0.2, 0.25) is 0 Å². The minimum atomic E-state index is -5.87. The summed E-state index contributed by atoms with van der Waals surface area (Å²) in [7, 11) is -5.87. The lowest BCUT2D eigenvalue weighted by atomic mass is 9.89. The van der Waals surface area contributed by atoms with Gasteiger partial charge in [-0.1, -0.05) is 12.1 Å². The smallest absolute Gasteiger partial charge is 0.375 e. The molecule has 1 aromatic carbocycles. The van der Waals surface area contributed by atoms with Crippen LogP contribution in [-0.2, 0) is 16.5 Å². The van der Waals surface area contributed by atoms with Crippen molar-refractivity contribution < 1.29 is 35.0 Å². The molecule has 110 valence electrons. The Morgan fingerprint density at radius 3 is 2.45 bits per heavy atom. The van der Waals surface area contributed by atoms with Crippen molar-refractivity contribution in [1.29, 1.82) is 0 Å². The SMILES string of the molecule is O=C1CC(F)Cc2cccc(OS(=O)(=O)C(F)(F)F)c21. The summed E-state index contributed by atoms with van der Waals surface area (Å²) < 4.78 is 75.8. The molecule has 0 aliphatic heterocycles. The lowest BCUT2D eigenvalue weighted by molar-refractivity contribution is -0.0500. The van der Waals surface area contributed by atoms with E-state index in [-0.39, 0.29) is 17.5 Å². The van der Waals surface area contributed by atoms with Crippen molar-refractivity contribution in [3.63, 3.8) is 0 Å². The van der Waals surface area contributed by atoms with E-state index >= 15 is 0 Å². The third kappa shape index (κ3) is 2.62. The van der Waals surface area contributed by atoms with E-state index in [1.165, 1.54) is 12.1 Å². The Morgan fingerprint density at radius 1 is 1.20 bits per heavy atom. The molecule has 0 radical (unpaired) electrons. The molecular weight excluding hydrogens is 304 g/mol. The standard InChI is InChI=1S/C11H8F4O4S/c12-7-4-6-2-1-3-9(10(6)8(16)5-7)19-20(17,18)11(13,14)15/h1-3,7H,4-5H2. The van der Waals surface area contributed by atoms with Gasteiger partial charge in [-0.25, -0.2) is 4.39 Å². The number of carbonyl (C=O) groups is 1. The fraction of sp³-hybridized carbons (Fsp3) is 0.364. The van der Waals surface area contributed by atoms with Gasteiger partial charge in [0.25, 0.3) is 0 Å². The Balaban J connectivity index is 2.46. The van der Waals surface area contributed by atoms with Gasteiger partial charge in [0.05, 0.1) is 5.56 Å². The molecule has 4 nitrogen and oxygen atoms in total. The number of halogens is 4. The molecule has 0 heterocycles. The van der Waals surface area contributed by atoms with E-state index in [1.54, 1.807) is 0 Å². The van der Waals surface area contributed by atoms with Gasteiger partial charge in [0, 0.05) is 12.8 Å². The maximum Gasteiger partial charge on any atom is 0.534 e. The van der Waals surface area contributed by atoms with Gasteiger partial charge in [-0.3, -0.25) is 4.79 Å². The molecule has 20 heavy (non-hydrogen) atoms. The van der Waals surface area contributed by atoms with Gasteiger partial charge in [0.1, 0.15) is 6.17 Å². The first-order valence-corrected chi connectivity index (χ1v) is 6.82. The van der Waals surface area contributed by atoms with E-state index in [2.05, 4.69) is 4.18 Å². The van der Waals surface area contributed by atoms with Crippen LogP contribution in [0, 0.1) is 0 Å². The summed E-state index contributed by atoms with van der Waals surface area (Å²) >= 11 is 0. The Labute approximate surface area is 111 Å². The average Bonchev–Trinajstić information content (AvgIpc) is 2.25. The van der Waals surface area contributed by atoms with Crippen LogP contribution in [0.25, 0.3) is 0 Å². The highest BCUT2D eigenvalue weighted by atomic mass is 32.2. The third-order valence-electron chi connectivity index (χ3n) is 2.72. The minimum absolute atomic E-state index is 0.128. The first-order chi connectivity index (χ1) is 9.12. The molecule has 0 fully saturated rings. The highest BCUT2D eigenvalue weighted by Gasteiger charge is 2.49. The Morgan fingerprint density at radius 2 is 1.85 bits per heavy atom. The van der Waals surface area contributed by atoms with Crippen LogP contribution < -0.4 is 4.18 Å². The molecule has 1 aromatic rings. The molecule has 0 spiro atoms. The van der Waals surface area contributed by atoms with E-state index in [1.807, 2.05) is 0 Å². The highest BCUT2D eigenvalue weighted by molar-refractivity contribution is 7.88. The monoisotopic (exact) mass is 312 g/mol. The molecule has 2 rings (SSSR count). The van der Waals surface area contributed by atoms with Gasteiger partial charge in [-0.05, 0) is 11.6 Å². The fourth-order valence-corrected chi connectivity index (χ4v) is 2.38. The largest absolute Gasteiger partial charge is 0.534 e. The molecule has 0 bridgehead atoms. The van der Waals surface area contributed by atoms with Gasteiger partial charge in [0.15, 0.2) is 11.5 Å². The molecular formula is C11H8F4O4S. The molecule has 9 heteroatoms. The first kappa shape index (κ1) is 14.8. The average molecular weight is 312 g/mol. The zero-order valence-corrected chi connectivity index (χ0v) is 10.6. The first-order valence-electron chi connectivity index (χ1n) is 5.42. The van der Waals surface area contributed by atoms with Crippen LogP contribution in [-0.4, -0.2) is 25.9 Å². The maximum absolute atomic E-state index is 13.2. The number of alkyl halides is 4. The van der Waals surface area contributed by atoms with Crippen LogP contribution in [0.15, 0.2) is 18.2 Å². The van der Waals surface area contributed by atoms with E-state index in [4.69, 9.17) is 0 Å². The molecule has 0 aromatic heterocycles. The Kier molecular flexibility index (Phi) is 3.49. The lowest BCUT2D eigenvalue weighted by Crippen LogP contribution is -2.29. The van der Waals surface area contributed by atoms with Crippen LogP contribution in [0.2, 0.25) is 0 Å². The Bertz CT molecular complexity index is 651. The predicted molar refractivity (Wildman–Crippen MR) is 59.6 cm³/mol. The van der Waals surface area contributed by atoms with E-state index in [0.29, 0.717) is 0 Å². The molecule has 1 unspecified atom stereocenters. The second-order valence-electron chi connectivity index (χ2n) is 4.20. The van der Waals surface area contributed by atoms with Crippen molar-refractivity contribution in [2.45, 2.75) is 24.5 Å². The second-order valence-corrected chi connectivity index (χ2v) is 5.74. The summed E-state index contributed by atoms with van der Waals surface area (Å²) in [6, 6.07) is 3.47. The van der Waals surface area contributed by atoms with Crippen LogP contribution in [0.4, 0.5) is 17.6 Å². The fourth-order valence-electron chi connectivity index (χ4n) is 1.91. The van der Waals surface area contributed by atoms with E-state index < -0.39 is 39.8 Å². The van der Waals surface area contributed by atoms with Crippen LogP contribution >= 0.6 is 0 Å². The summed E-state index contributed by atoms with van der Waals surface area (Å²) in [5.74, 6) is -1.51. The van der Waals surface area contributed by atoms with Crippen molar-refractivity contribution >= 4 is 15.9 Å². The summed E-state index contributed by atoms with van der Waals surface area (Å²) in [4.78, 5) is 11.7. The van der Waals surface area contributed by atoms with Crippen LogP contribution in [0.3, 0.4) is 0 Å². The Hall–Kier alpha value is -1.64. The second kappa shape index (κ2) is 4.72. The van der Waals surface area contributed by atoms with Crippen molar-refractivity contribution in [2.24, 2.45) is 0 Å². The van der Waals surface area contributed by atoms with Crippen LogP contribution in [0.1, 0.15) is 22.3 Å². The van der Waals surface area contributed by atoms with Crippen molar-refractivity contribution in [3.05, 3.63) is 29.3 Å². The number of Topliss-reactive ketones (excluding diaryl/α,β-unsaturated/α-hetero) is 1. The minimum Gasteiger partial charge on any atom is -0.375 e. The van der Waals surface area contributed by atoms with Gasteiger partial charge >= 0.3 is 15.6 Å². The van der Waals surface area contributed by atoms with Gasteiger partial charge in [-0.2, -0.15) is 21.6 Å². The third-order valence-corrected chi connectivity index (χ3v) is 3.69. The molecule has 0 N–H and O–H groups in total. The zero-order valence-electron chi connectivity index (χ0n) is 9.78. The summed E-state index contributed by atoms with van der Waals surface area (Å²) in [5.41, 5.74) is -5.78. The molecule has 0 amide bonds. The number of carbonyl (C=O) groups excluding carboxylic acids is 1. The van der Waals surface area contributed by atoms with Gasteiger partial charge < -0.3 is 4.18 Å². The topological polar surface area (TPSA) is 60.4 Å². The van der Waals surface area contributed by atoms with Crippen LogP contribution in [0.5, 0.6) is 5.75 Å². The number of ketones is 1. The van der Waals surface area contributed by atoms with E-state index in [0.717, 1.165) is 6.07 Å². The predicted octanol–water partition coefficient (Wildman–Crippen LogP) is 2.38. The normalized spacial score (nSPS) is 19.6. The zero-order chi connectivity index (χ0) is 15.1. The molecule has 0 saturated carbocycles. The van der Waals surface area contributed by atoms with Gasteiger partial charge in [-0.15, -0.1) is 0 Å². The number of hydrogen-bond donors (Lipinski definition) is 0. The quantitative estimate of drug-likeness (QED) is 0.478. The van der Waals surface area contributed by atoms with Crippen molar-refractivity contribution in [3.8, 4) is 5.75 Å². The van der Waals surface area contributed by atoms with E-state index in [9.17, 15) is 30.8 Å². The molecule has 1 aliphatic carbocycles. The maximum atomic E-state index is 13.2. The van der Waals surface area contributed by atoms with Crippen molar-refractivity contribution in [2.75, 3.05) is 0 Å². The molecule has 1 atom stereocenters. The number of benzene rings is 1. The molecule has 0 saturated heterocycles.